The van der Waals surface area contributed by atoms with Crippen LogP contribution in [0.25, 0.3) is 0 Å². The van der Waals surface area contributed by atoms with Crippen LogP contribution in [-0.2, 0) is 0 Å². The number of aromatic nitrogens is 1. The zero-order valence-electron chi connectivity index (χ0n) is 7.52. The topological polar surface area (TPSA) is 59.3 Å². The molecular weight excluding hydrogens is 170 g/mol. The molecule has 4 heteroatoms. The highest BCUT2D eigenvalue weighted by molar-refractivity contribution is 5.95. The summed E-state index contributed by atoms with van der Waals surface area (Å²) in [5.41, 5.74) is -0.561. The first-order valence-electron chi connectivity index (χ1n) is 3.99. The molecule has 1 N–H and O–H groups in total. The lowest BCUT2D eigenvalue weighted by molar-refractivity contribution is 0.0877. The van der Waals surface area contributed by atoms with Crippen LogP contribution in [0.3, 0.4) is 0 Å². The fraction of sp³-hybridized carbons (Fsp3) is 0.333. The molecule has 0 bridgehead atoms. The Balaban J connectivity index is 3.23. The zero-order chi connectivity index (χ0) is 10.0. The third-order valence-corrected chi connectivity index (χ3v) is 1.71. The van der Waals surface area contributed by atoms with Crippen molar-refractivity contribution in [3.8, 4) is 0 Å². The highest BCUT2D eigenvalue weighted by Crippen LogP contribution is 2.04. The number of Topliss-reactive ketones (excluding diaryl/α,β-unsaturated/α-hetero) is 1. The van der Waals surface area contributed by atoms with E-state index in [1.165, 1.54) is 18.2 Å². The molecule has 0 amide bonds. The van der Waals surface area contributed by atoms with Crippen molar-refractivity contribution in [1.82, 2.24) is 4.73 Å². The van der Waals surface area contributed by atoms with Crippen LogP contribution >= 0.6 is 0 Å². The molecule has 0 saturated carbocycles. The average molecular weight is 181 g/mol. The Bertz CT molecular complexity index is 379. The van der Waals surface area contributed by atoms with Gasteiger partial charge in [0.25, 0.3) is 5.56 Å². The van der Waals surface area contributed by atoms with Gasteiger partial charge in [0, 0.05) is 12.0 Å². The van der Waals surface area contributed by atoms with Gasteiger partial charge in [0.1, 0.15) is 5.69 Å². The van der Waals surface area contributed by atoms with Crippen molar-refractivity contribution in [2.24, 2.45) is 5.92 Å². The smallest absolute Gasteiger partial charge is 0.283 e. The number of ketones is 1. The fourth-order valence-electron chi connectivity index (χ4n) is 0.964. The summed E-state index contributed by atoms with van der Waals surface area (Å²) in [6.45, 7) is 3.42. The molecule has 0 aliphatic heterocycles. The van der Waals surface area contributed by atoms with Gasteiger partial charge in [-0.25, -0.2) is 0 Å². The lowest BCUT2D eigenvalue weighted by atomic mass is 10.1. The molecule has 0 atom stereocenters. The zero-order valence-corrected chi connectivity index (χ0v) is 7.52. The van der Waals surface area contributed by atoms with Crippen molar-refractivity contribution in [1.29, 1.82) is 0 Å². The van der Waals surface area contributed by atoms with Gasteiger partial charge in [-0.15, -0.1) is 4.73 Å². The largest absolute Gasteiger partial charge is 0.425 e. The Morgan fingerprint density at radius 1 is 1.46 bits per heavy atom. The maximum Gasteiger partial charge on any atom is 0.283 e. The molecule has 70 valence electrons. The first-order chi connectivity index (χ1) is 6.04. The third-order valence-electron chi connectivity index (χ3n) is 1.71. The van der Waals surface area contributed by atoms with Crippen molar-refractivity contribution >= 4 is 5.78 Å². The van der Waals surface area contributed by atoms with Crippen LogP contribution in [0.1, 0.15) is 24.3 Å². The van der Waals surface area contributed by atoms with Gasteiger partial charge in [0.05, 0.1) is 0 Å². The molecule has 0 aliphatic rings. The molecule has 0 radical (unpaired) electrons. The van der Waals surface area contributed by atoms with E-state index in [9.17, 15) is 14.8 Å². The maximum absolute atomic E-state index is 11.4. The Labute approximate surface area is 75.4 Å². The second-order valence-electron chi connectivity index (χ2n) is 3.08. The van der Waals surface area contributed by atoms with Gasteiger partial charge in [0.2, 0.25) is 0 Å². The van der Waals surface area contributed by atoms with E-state index in [1.807, 2.05) is 0 Å². The molecule has 0 aromatic carbocycles. The lowest BCUT2D eigenvalue weighted by Crippen LogP contribution is -2.24. The van der Waals surface area contributed by atoms with Crippen LogP contribution in [0.15, 0.2) is 23.0 Å². The summed E-state index contributed by atoms with van der Waals surface area (Å²) < 4.78 is 0.377. The molecule has 1 heterocycles. The number of hydrogen-bond acceptors (Lipinski definition) is 3. The lowest BCUT2D eigenvalue weighted by Gasteiger charge is -2.06. The molecule has 1 aromatic heterocycles. The van der Waals surface area contributed by atoms with Crippen LogP contribution < -0.4 is 5.56 Å². The van der Waals surface area contributed by atoms with Gasteiger partial charge < -0.3 is 5.21 Å². The summed E-state index contributed by atoms with van der Waals surface area (Å²) >= 11 is 0. The van der Waals surface area contributed by atoms with E-state index in [2.05, 4.69) is 0 Å². The minimum absolute atomic E-state index is 0.0301. The van der Waals surface area contributed by atoms with E-state index in [0.29, 0.717) is 4.73 Å². The number of carbonyl (C=O) groups excluding carboxylic acids is 1. The SMILES string of the molecule is CC(C)C(=O)c1cccc(=O)n1O. The van der Waals surface area contributed by atoms with Crippen molar-refractivity contribution < 1.29 is 10.0 Å². The number of carbonyl (C=O) groups is 1. The first kappa shape index (κ1) is 9.51. The molecule has 13 heavy (non-hydrogen) atoms. The summed E-state index contributed by atoms with van der Waals surface area (Å²) in [4.78, 5) is 22.3. The van der Waals surface area contributed by atoms with Crippen LogP contribution in [0, 0.1) is 5.92 Å². The van der Waals surface area contributed by atoms with Gasteiger partial charge >= 0.3 is 0 Å². The van der Waals surface area contributed by atoms with Crippen LogP contribution in [-0.4, -0.2) is 15.7 Å². The minimum atomic E-state index is -0.591. The fourth-order valence-corrected chi connectivity index (χ4v) is 0.964. The number of pyridine rings is 1. The van der Waals surface area contributed by atoms with Gasteiger partial charge in [-0.1, -0.05) is 19.9 Å². The predicted octanol–water partition coefficient (Wildman–Crippen LogP) is 0.924. The van der Waals surface area contributed by atoms with Crippen LogP contribution in [0.2, 0.25) is 0 Å². The second-order valence-corrected chi connectivity index (χ2v) is 3.08. The van der Waals surface area contributed by atoms with Gasteiger partial charge in [0.15, 0.2) is 5.78 Å². The minimum Gasteiger partial charge on any atom is -0.425 e. The van der Waals surface area contributed by atoms with E-state index in [-0.39, 0.29) is 17.4 Å². The van der Waals surface area contributed by atoms with E-state index in [4.69, 9.17) is 0 Å². The Morgan fingerprint density at radius 3 is 2.62 bits per heavy atom. The maximum atomic E-state index is 11.4. The van der Waals surface area contributed by atoms with Gasteiger partial charge in [-0.3, -0.25) is 9.59 Å². The highest BCUT2D eigenvalue weighted by atomic mass is 16.5. The van der Waals surface area contributed by atoms with Crippen molar-refractivity contribution in [3.05, 3.63) is 34.2 Å². The van der Waals surface area contributed by atoms with Crippen LogP contribution in [0.4, 0.5) is 0 Å². The molecule has 0 spiro atoms. The normalized spacial score (nSPS) is 10.4. The predicted molar refractivity (Wildman–Crippen MR) is 47.1 cm³/mol. The Morgan fingerprint density at radius 2 is 2.08 bits per heavy atom. The van der Waals surface area contributed by atoms with E-state index >= 15 is 0 Å². The van der Waals surface area contributed by atoms with Gasteiger partial charge in [-0.05, 0) is 6.07 Å². The first-order valence-corrected chi connectivity index (χ1v) is 3.99. The van der Waals surface area contributed by atoms with Gasteiger partial charge in [-0.2, -0.15) is 0 Å². The summed E-state index contributed by atoms with van der Waals surface area (Å²) in [5, 5.41) is 9.20. The second kappa shape index (κ2) is 3.43. The quantitative estimate of drug-likeness (QED) is 0.545. The third kappa shape index (κ3) is 1.77. The summed E-state index contributed by atoms with van der Waals surface area (Å²) in [6, 6.07) is 4.06. The molecule has 4 nitrogen and oxygen atoms in total. The number of hydrogen-bond donors (Lipinski definition) is 1. The van der Waals surface area contributed by atoms with E-state index in [1.54, 1.807) is 13.8 Å². The van der Waals surface area contributed by atoms with E-state index < -0.39 is 5.56 Å². The Kier molecular flexibility index (Phi) is 2.51. The van der Waals surface area contributed by atoms with Crippen molar-refractivity contribution in [3.63, 3.8) is 0 Å². The molecule has 0 aliphatic carbocycles. The number of nitrogens with zero attached hydrogens (tertiary/aromatic N) is 1. The molecule has 1 aromatic rings. The molecule has 0 unspecified atom stereocenters. The summed E-state index contributed by atoms with van der Waals surface area (Å²) in [5.74, 6) is -0.486. The molecule has 0 saturated heterocycles. The van der Waals surface area contributed by atoms with Crippen LogP contribution in [0.5, 0.6) is 0 Å². The molecule has 0 fully saturated rings. The standard InChI is InChI=1S/C9H11NO3/c1-6(2)9(12)7-4-3-5-8(11)10(7)13/h3-6,13H,1-2H3. The monoisotopic (exact) mass is 181 g/mol. The van der Waals surface area contributed by atoms with Crippen molar-refractivity contribution in [2.75, 3.05) is 0 Å². The van der Waals surface area contributed by atoms with E-state index in [0.717, 1.165) is 0 Å². The average Bonchev–Trinajstić information content (AvgIpc) is 2.08. The molecular formula is C9H11NO3. The highest BCUT2D eigenvalue weighted by Gasteiger charge is 2.14. The summed E-state index contributed by atoms with van der Waals surface area (Å²) in [7, 11) is 0. The number of rotatable bonds is 2. The molecule has 1 rings (SSSR count). The Hall–Kier alpha value is -1.58. The van der Waals surface area contributed by atoms with Crippen molar-refractivity contribution in [2.45, 2.75) is 13.8 Å². The summed E-state index contributed by atoms with van der Waals surface area (Å²) in [6.07, 6.45) is 0.